The van der Waals surface area contributed by atoms with Gasteiger partial charge >= 0.3 is 0 Å². The number of benzene rings is 1. The molecule has 100 valence electrons. The highest BCUT2D eigenvalue weighted by Crippen LogP contribution is 2.22. The van der Waals surface area contributed by atoms with Crippen LogP contribution < -0.4 is 4.72 Å². The maximum absolute atomic E-state index is 12.2. The zero-order valence-corrected chi connectivity index (χ0v) is 11.9. The average molecular weight is 297 g/mol. The van der Waals surface area contributed by atoms with Gasteiger partial charge < -0.3 is 0 Å². The molecule has 0 aliphatic rings. The van der Waals surface area contributed by atoms with Crippen molar-refractivity contribution in [3.05, 3.63) is 58.9 Å². The summed E-state index contributed by atoms with van der Waals surface area (Å²) in [7, 11) is -3.57. The minimum atomic E-state index is -3.57. The maximum atomic E-state index is 12.2. The van der Waals surface area contributed by atoms with Gasteiger partial charge in [0.05, 0.1) is 4.90 Å². The van der Waals surface area contributed by atoms with Crippen molar-refractivity contribution in [3.8, 4) is 0 Å². The van der Waals surface area contributed by atoms with E-state index in [1.54, 1.807) is 43.6 Å². The second-order valence-corrected chi connectivity index (χ2v) is 6.19. The standard InChI is InChI=1S/C13H13ClN2O2S/c1-10-12(14)5-2-6-13(10)19(17,18)16-9-11-4-3-7-15-8-11/h2-8,16H,9H2,1H3. The third-order valence-electron chi connectivity index (χ3n) is 2.70. The Morgan fingerprint density at radius 3 is 2.74 bits per heavy atom. The largest absolute Gasteiger partial charge is 0.264 e. The number of hydrogen-bond acceptors (Lipinski definition) is 3. The van der Waals surface area contributed by atoms with E-state index in [4.69, 9.17) is 11.6 Å². The van der Waals surface area contributed by atoms with E-state index in [1.807, 2.05) is 0 Å². The van der Waals surface area contributed by atoms with Crippen molar-refractivity contribution in [3.63, 3.8) is 0 Å². The fourth-order valence-electron chi connectivity index (χ4n) is 1.64. The van der Waals surface area contributed by atoms with Crippen LogP contribution in [0.2, 0.25) is 5.02 Å². The zero-order chi connectivity index (χ0) is 13.9. The average Bonchev–Trinajstić information content (AvgIpc) is 2.41. The molecular formula is C13H13ClN2O2S. The first-order valence-corrected chi connectivity index (χ1v) is 7.50. The summed E-state index contributed by atoms with van der Waals surface area (Å²) in [5.74, 6) is 0. The number of rotatable bonds is 4. The lowest BCUT2D eigenvalue weighted by molar-refractivity contribution is 0.580. The van der Waals surface area contributed by atoms with Gasteiger partial charge in [0.1, 0.15) is 0 Å². The Morgan fingerprint density at radius 1 is 1.26 bits per heavy atom. The monoisotopic (exact) mass is 296 g/mol. The second kappa shape index (κ2) is 5.69. The predicted molar refractivity (Wildman–Crippen MR) is 74.5 cm³/mol. The van der Waals surface area contributed by atoms with Gasteiger partial charge in [-0.05, 0) is 36.2 Å². The van der Waals surface area contributed by atoms with E-state index in [1.165, 1.54) is 6.07 Å². The minimum absolute atomic E-state index is 0.197. The van der Waals surface area contributed by atoms with Crippen LogP contribution in [-0.2, 0) is 16.6 Å². The second-order valence-electron chi connectivity index (χ2n) is 4.05. The van der Waals surface area contributed by atoms with Crippen LogP contribution in [0.1, 0.15) is 11.1 Å². The fourth-order valence-corrected chi connectivity index (χ4v) is 3.15. The van der Waals surface area contributed by atoms with E-state index in [0.29, 0.717) is 10.6 Å². The van der Waals surface area contributed by atoms with Crippen LogP contribution in [0, 0.1) is 6.92 Å². The first kappa shape index (κ1) is 14.0. The van der Waals surface area contributed by atoms with Gasteiger partial charge in [0.2, 0.25) is 10.0 Å². The Labute approximate surface area is 117 Å². The molecule has 0 saturated carbocycles. The molecule has 0 atom stereocenters. The Morgan fingerprint density at radius 2 is 2.05 bits per heavy atom. The molecule has 0 spiro atoms. The Bertz CT molecular complexity index is 672. The molecule has 0 aliphatic carbocycles. The van der Waals surface area contributed by atoms with Gasteiger partial charge in [-0.2, -0.15) is 0 Å². The first-order chi connectivity index (χ1) is 9.00. The van der Waals surface area contributed by atoms with Crippen LogP contribution in [0.15, 0.2) is 47.6 Å². The van der Waals surface area contributed by atoms with Crippen LogP contribution in [0.25, 0.3) is 0 Å². The van der Waals surface area contributed by atoms with Crippen molar-refractivity contribution < 1.29 is 8.42 Å². The highest BCUT2D eigenvalue weighted by atomic mass is 35.5. The van der Waals surface area contributed by atoms with Crippen molar-refractivity contribution in [2.75, 3.05) is 0 Å². The van der Waals surface area contributed by atoms with E-state index in [-0.39, 0.29) is 11.4 Å². The van der Waals surface area contributed by atoms with E-state index < -0.39 is 10.0 Å². The number of sulfonamides is 1. The Hall–Kier alpha value is -1.43. The number of halogens is 1. The molecule has 4 nitrogen and oxygen atoms in total. The van der Waals surface area contributed by atoms with Gasteiger partial charge in [0.25, 0.3) is 0 Å². The van der Waals surface area contributed by atoms with Crippen molar-refractivity contribution in [2.45, 2.75) is 18.4 Å². The third kappa shape index (κ3) is 3.32. The zero-order valence-electron chi connectivity index (χ0n) is 10.3. The summed E-state index contributed by atoms with van der Waals surface area (Å²) >= 11 is 5.93. The van der Waals surface area contributed by atoms with E-state index in [2.05, 4.69) is 9.71 Å². The molecule has 0 bridgehead atoms. The fraction of sp³-hybridized carbons (Fsp3) is 0.154. The van der Waals surface area contributed by atoms with Gasteiger partial charge in [-0.1, -0.05) is 23.7 Å². The normalized spacial score (nSPS) is 11.5. The molecule has 1 heterocycles. The quantitative estimate of drug-likeness (QED) is 0.943. The van der Waals surface area contributed by atoms with Crippen LogP contribution in [-0.4, -0.2) is 13.4 Å². The molecule has 1 N–H and O–H groups in total. The van der Waals surface area contributed by atoms with E-state index in [9.17, 15) is 8.42 Å². The molecular weight excluding hydrogens is 284 g/mol. The lowest BCUT2D eigenvalue weighted by Crippen LogP contribution is -2.24. The summed E-state index contributed by atoms with van der Waals surface area (Å²) < 4.78 is 26.9. The van der Waals surface area contributed by atoms with E-state index >= 15 is 0 Å². The summed E-state index contributed by atoms with van der Waals surface area (Å²) in [5.41, 5.74) is 1.34. The van der Waals surface area contributed by atoms with Crippen molar-refractivity contribution in [1.29, 1.82) is 0 Å². The van der Waals surface area contributed by atoms with Gasteiger partial charge in [-0.25, -0.2) is 13.1 Å². The van der Waals surface area contributed by atoms with Crippen LogP contribution in [0.3, 0.4) is 0 Å². The number of pyridine rings is 1. The molecule has 0 amide bonds. The molecule has 0 saturated heterocycles. The molecule has 1 aromatic carbocycles. The number of aromatic nitrogens is 1. The van der Waals surface area contributed by atoms with Gasteiger partial charge in [-0.15, -0.1) is 0 Å². The minimum Gasteiger partial charge on any atom is -0.264 e. The van der Waals surface area contributed by atoms with Crippen molar-refractivity contribution in [1.82, 2.24) is 9.71 Å². The lowest BCUT2D eigenvalue weighted by Gasteiger charge is -2.10. The predicted octanol–water partition coefficient (Wildman–Crippen LogP) is 2.52. The summed E-state index contributed by atoms with van der Waals surface area (Å²) in [5, 5.41) is 0.434. The van der Waals surface area contributed by atoms with Crippen LogP contribution in [0.5, 0.6) is 0 Å². The number of hydrogen-bond donors (Lipinski definition) is 1. The molecule has 0 fully saturated rings. The topological polar surface area (TPSA) is 59.1 Å². The lowest BCUT2D eigenvalue weighted by atomic mass is 10.2. The highest BCUT2D eigenvalue weighted by molar-refractivity contribution is 7.89. The van der Waals surface area contributed by atoms with Gasteiger partial charge in [-0.3, -0.25) is 4.98 Å². The number of nitrogens with one attached hydrogen (secondary N) is 1. The smallest absolute Gasteiger partial charge is 0.241 e. The Balaban J connectivity index is 2.22. The summed E-state index contributed by atoms with van der Waals surface area (Å²) in [4.78, 5) is 4.13. The molecule has 2 aromatic rings. The molecule has 0 unspecified atom stereocenters. The molecule has 2 rings (SSSR count). The summed E-state index contributed by atoms with van der Waals surface area (Å²) in [6, 6.07) is 8.38. The SMILES string of the molecule is Cc1c(Cl)cccc1S(=O)(=O)NCc1cccnc1. The first-order valence-electron chi connectivity index (χ1n) is 5.64. The molecule has 0 aliphatic heterocycles. The molecule has 1 aromatic heterocycles. The molecule has 19 heavy (non-hydrogen) atoms. The third-order valence-corrected chi connectivity index (χ3v) is 4.65. The van der Waals surface area contributed by atoms with Gasteiger partial charge in [0, 0.05) is 24.0 Å². The molecule has 6 heteroatoms. The number of nitrogens with zero attached hydrogens (tertiary/aromatic N) is 1. The Kier molecular flexibility index (Phi) is 4.19. The molecule has 0 radical (unpaired) electrons. The van der Waals surface area contributed by atoms with Gasteiger partial charge in [0.15, 0.2) is 0 Å². The van der Waals surface area contributed by atoms with Crippen molar-refractivity contribution >= 4 is 21.6 Å². The van der Waals surface area contributed by atoms with Crippen LogP contribution >= 0.6 is 11.6 Å². The maximum Gasteiger partial charge on any atom is 0.241 e. The van der Waals surface area contributed by atoms with Crippen molar-refractivity contribution in [2.24, 2.45) is 0 Å². The van der Waals surface area contributed by atoms with E-state index in [0.717, 1.165) is 5.56 Å². The van der Waals surface area contributed by atoms with Crippen LogP contribution in [0.4, 0.5) is 0 Å². The highest BCUT2D eigenvalue weighted by Gasteiger charge is 2.17. The summed E-state index contributed by atoms with van der Waals surface area (Å²) in [6.45, 7) is 1.88. The summed E-state index contributed by atoms with van der Waals surface area (Å²) in [6.07, 6.45) is 3.26.